The highest BCUT2D eigenvalue weighted by Gasteiger charge is 1.72. The van der Waals surface area contributed by atoms with Crippen molar-refractivity contribution < 1.29 is 0 Å². The molecule has 0 aliphatic rings. The molecule has 0 fully saturated rings. The van der Waals surface area contributed by atoms with Gasteiger partial charge in [0, 0.05) is 6.21 Å². The molecule has 0 rings (SSSR count). The zero-order valence-corrected chi connectivity index (χ0v) is 4.10. The fraction of sp³-hybridized carbons (Fsp3) is 0.333. The molecule has 0 unspecified atom stereocenters. The summed E-state index contributed by atoms with van der Waals surface area (Å²) in [5, 5.41) is 10.00. The standard InChI is InChI=1S/C3H8N4/c1-2-6-7-3(4)5/h2H,1H3,(H4,4,5,7). The molecule has 0 aromatic heterocycles. The van der Waals surface area contributed by atoms with Crippen molar-refractivity contribution in [3.63, 3.8) is 0 Å². The molecule has 40 valence electrons. The highest BCUT2D eigenvalue weighted by atomic mass is 15.3. The average Bonchev–Trinajstić information content (AvgIpc) is 1.61. The molecule has 0 aliphatic heterocycles. The van der Waals surface area contributed by atoms with Gasteiger partial charge < -0.3 is 5.73 Å². The Morgan fingerprint density at radius 1 is 2.00 bits per heavy atom. The molecule has 4 heteroatoms. The minimum Gasteiger partial charge on any atom is -0.369 e. The second kappa shape index (κ2) is 3.14. The van der Waals surface area contributed by atoms with Crippen molar-refractivity contribution in [2.75, 3.05) is 0 Å². The Morgan fingerprint density at radius 3 is 2.71 bits per heavy atom. The molecule has 0 aromatic carbocycles. The third-order valence-electron chi connectivity index (χ3n) is 0.314. The van der Waals surface area contributed by atoms with Gasteiger partial charge in [0.2, 0.25) is 5.96 Å². The van der Waals surface area contributed by atoms with Gasteiger partial charge in [0.25, 0.3) is 0 Å². The smallest absolute Gasteiger partial charge is 0.206 e. The summed E-state index contributed by atoms with van der Waals surface area (Å²) in [6.07, 6.45) is 1.52. The van der Waals surface area contributed by atoms with Gasteiger partial charge in [0.15, 0.2) is 0 Å². The minimum atomic E-state index is -0.141. The summed E-state index contributed by atoms with van der Waals surface area (Å²) in [6, 6.07) is 0. The number of guanidine groups is 1. The summed E-state index contributed by atoms with van der Waals surface area (Å²) in [5.41, 5.74) is 7.06. The van der Waals surface area contributed by atoms with Crippen LogP contribution in [0.25, 0.3) is 0 Å². The number of hydrogen-bond acceptors (Lipinski definition) is 2. The lowest BCUT2D eigenvalue weighted by Gasteiger charge is -1.89. The van der Waals surface area contributed by atoms with Gasteiger partial charge >= 0.3 is 0 Å². The van der Waals surface area contributed by atoms with Crippen LogP contribution < -0.4 is 11.2 Å². The fourth-order valence-corrected chi connectivity index (χ4v) is 0.134. The molecule has 0 radical (unpaired) electrons. The quantitative estimate of drug-likeness (QED) is 0.235. The molecule has 0 saturated heterocycles. The molecular weight excluding hydrogens is 92.1 g/mol. The summed E-state index contributed by atoms with van der Waals surface area (Å²) < 4.78 is 0. The van der Waals surface area contributed by atoms with Gasteiger partial charge in [0.1, 0.15) is 0 Å². The molecule has 0 aliphatic carbocycles. The number of nitrogens with one attached hydrogen (secondary N) is 2. The monoisotopic (exact) mass is 100 g/mol. The van der Waals surface area contributed by atoms with E-state index in [2.05, 4.69) is 10.5 Å². The van der Waals surface area contributed by atoms with E-state index in [9.17, 15) is 0 Å². The molecule has 4 nitrogen and oxygen atoms in total. The predicted molar refractivity (Wildman–Crippen MR) is 29.2 cm³/mol. The molecule has 0 aromatic rings. The van der Waals surface area contributed by atoms with Gasteiger partial charge in [-0.25, -0.2) is 5.43 Å². The van der Waals surface area contributed by atoms with Crippen molar-refractivity contribution in [2.24, 2.45) is 10.8 Å². The average molecular weight is 100 g/mol. The van der Waals surface area contributed by atoms with E-state index in [0.717, 1.165) is 0 Å². The maximum Gasteiger partial charge on any atom is 0.206 e. The fourth-order valence-electron chi connectivity index (χ4n) is 0.134. The van der Waals surface area contributed by atoms with Crippen LogP contribution in [0, 0.1) is 5.41 Å². The van der Waals surface area contributed by atoms with E-state index < -0.39 is 0 Å². The SMILES string of the molecule is CC=NNC(=N)N. The largest absolute Gasteiger partial charge is 0.369 e. The Kier molecular flexibility index (Phi) is 2.67. The van der Waals surface area contributed by atoms with E-state index in [1.807, 2.05) is 0 Å². The first kappa shape index (κ1) is 5.94. The zero-order valence-electron chi connectivity index (χ0n) is 4.10. The van der Waals surface area contributed by atoms with Crippen LogP contribution in [0.1, 0.15) is 6.92 Å². The molecule has 0 atom stereocenters. The van der Waals surface area contributed by atoms with Gasteiger partial charge in [0.05, 0.1) is 0 Å². The summed E-state index contributed by atoms with van der Waals surface area (Å²) in [6.45, 7) is 1.73. The van der Waals surface area contributed by atoms with E-state index in [0.29, 0.717) is 0 Å². The van der Waals surface area contributed by atoms with Crippen LogP contribution in [0.5, 0.6) is 0 Å². The van der Waals surface area contributed by atoms with Crippen LogP contribution in [0.15, 0.2) is 5.10 Å². The molecule has 7 heavy (non-hydrogen) atoms. The van der Waals surface area contributed by atoms with Crippen molar-refractivity contribution in [1.82, 2.24) is 5.43 Å². The lowest BCUT2D eigenvalue weighted by atomic mass is 10.9. The second-order valence-corrected chi connectivity index (χ2v) is 0.913. The van der Waals surface area contributed by atoms with Crippen LogP contribution in [0.3, 0.4) is 0 Å². The Morgan fingerprint density at radius 2 is 2.57 bits per heavy atom. The lowest BCUT2D eigenvalue weighted by Crippen LogP contribution is -2.25. The van der Waals surface area contributed by atoms with E-state index >= 15 is 0 Å². The maximum atomic E-state index is 6.55. The highest BCUT2D eigenvalue weighted by molar-refractivity contribution is 5.74. The Bertz CT molecular complexity index is 84.9. The first-order chi connectivity index (χ1) is 3.27. The number of nitrogens with two attached hydrogens (primary N) is 1. The summed E-state index contributed by atoms with van der Waals surface area (Å²) in [5.74, 6) is -0.141. The number of hydrazone groups is 1. The third kappa shape index (κ3) is 4.94. The highest BCUT2D eigenvalue weighted by Crippen LogP contribution is 1.49. The number of rotatable bonds is 1. The van der Waals surface area contributed by atoms with E-state index in [1.54, 1.807) is 6.92 Å². The van der Waals surface area contributed by atoms with Gasteiger partial charge in [-0.1, -0.05) is 0 Å². The first-order valence-corrected chi connectivity index (χ1v) is 1.85. The number of nitrogens with zero attached hydrogens (tertiary/aromatic N) is 1. The van der Waals surface area contributed by atoms with Gasteiger partial charge in [-0.15, -0.1) is 0 Å². The van der Waals surface area contributed by atoms with Crippen LogP contribution in [-0.4, -0.2) is 12.2 Å². The molecule has 0 amide bonds. The second-order valence-electron chi connectivity index (χ2n) is 0.913. The first-order valence-electron chi connectivity index (χ1n) is 1.85. The Hall–Kier alpha value is -1.06. The van der Waals surface area contributed by atoms with Crippen molar-refractivity contribution in [2.45, 2.75) is 6.92 Å². The molecular formula is C3H8N4. The van der Waals surface area contributed by atoms with Crippen molar-refractivity contribution >= 4 is 12.2 Å². The minimum absolute atomic E-state index is 0.141. The van der Waals surface area contributed by atoms with Crippen molar-refractivity contribution in [3.8, 4) is 0 Å². The topological polar surface area (TPSA) is 74.3 Å². The van der Waals surface area contributed by atoms with Crippen LogP contribution >= 0.6 is 0 Å². The summed E-state index contributed by atoms with van der Waals surface area (Å²) in [7, 11) is 0. The van der Waals surface area contributed by atoms with Gasteiger partial charge in [-0.2, -0.15) is 5.10 Å². The van der Waals surface area contributed by atoms with Crippen molar-refractivity contribution in [1.29, 1.82) is 5.41 Å². The summed E-state index contributed by atoms with van der Waals surface area (Å²) >= 11 is 0. The number of hydrogen-bond donors (Lipinski definition) is 3. The third-order valence-corrected chi connectivity index (χ3v) is 0.314. The van der Waals surface area contributed by atoms with E-state index in [1.165, 1.54) is 6.21 Å². The maximum absolute atomic E-state index is 6.55. The molecule has 0 heterocycles. The summed E-state index contributed by atoms with van der Waals surface area (Å²) in [4.78, 5) is 0. The molecule has 0 bridgehead atoms. The molecule has 4 N–H and O–H groups in total. The van der Waals surface area contributed by atoms with Gasteiger partial charge in [-0.3, -0.25) is 5.41 Å². The van der Waals surface area contributed by atoms with Crippen LogP contribution in [-0.2, 0) is 0 Å². The van der Waals surface area contributed by atoms with E-state index in [4.69, 9.17) is 11.1 Å². The lowest BCUT2D eigenvalue weighted by molar-refractivity contribution is 1.00. The zero-order chi connectivity index (χ0) is 5.70. The predicted octanol–water partition coefficient (Wildman–Crippen LogP) is -0.525. The van der Waals surface area contributed by atoms with Crippen LogP contribution in [0.4, 0.5) is 0 Å². The van der Waals surface area contributed by atoms with Crippen LogP contribution in [0.2, 0.25) is 0 Å². The Labute approximate surface area is 41.9 Å². The molecule has 0 saturated carbocycles. The molecule has 0 spiro atoms. The van der Waals surface area contributed by atoms with Gasteiger partial charge in [-0.05, 0) is 6.92 Å². The normalized spacial score (nSPS) is 9.29. The van der Waals surface area contributed by atoms with Crippen molar-refractivity contribution in [3.05, 3.63) is 0 Å². The van der Waals surface area contributed by atoms with E-state index in [-0.39, 0.29) is 5.96 Å². The Balaban J connectivity index is 3.14.